The third-order valence-electron chi connectivity index (χ3n) is 11.3. The van der Waals surface area contributed by atoms with E-state index in [2.05, 4.69) is 44.1 Å². The fraction of sp³-hybridized carbons (Fsp3) is 0.700. The van der Waals surface area contributed by atoms with Crippen LogP contribution in [0.3, 0.4) is 0 Å². The highest BCUT2D eigenvalue weighted by molar-refractivity contribution is 5.90. The predicted octanol–water partition coefficient (Wildman–Crippen LogP) is 6.33. The number of carbonyl (C=O) groups is 1. The van der Waals surface area contributed by atoms with Crippen LogP contribution in [0.2, 0.25) is 0 Å². The van der Waals surface area contributed by atoms with Crippen molar-refractivity contribution in [3.8, 4) is 0 Å². The van der Waals surface area contributed by atoms with Gasteiger partial charge in [-0.15, -0.1) is 0 Å². The van der Waals surface area contributed by atoms with E-state index in [1.165, 1.54) is 17.7 Å². The van der Waals surface area contributed by atoms with Gasteiger partial charge in [0.25, 0.3) is 0 Å². The summed E-state index contributed by atoms with van der Waals surface area (Å²) in [6, 6.07) is 0.631. The fourth-order valence-electron chi connectivity index (χ4n) is 8.84. The number of hydrogen-bond donors (Lipinski definition) is 1. The number of amides is 2. The summed E-state index contributed by atoms with van der Waals surface area (Å²) in [7, 11) is 2.18. The van der Waals surface area contributed by atoms with Crippen molar-refractivity contribution < 1.29 is 35.6 Å². The second-order valence-corrected chi connectivity index (χ2v) is 13.9. The largest absolute Gasteiger partial charge is 0.416 e. The zero-order valence-corrected chi connectivity index (χ0v) is 24.0. The number of alkyl halides is 6. The monoisotopic (exact) mass is 585 g/mol. The van der Waals surface area contributed by atoms with Gasteiger partial charge in [-0.1, -0.05) is 32.4 Å². The van der Waals surface area contributed by atoms with E-state index in [9.17, 15) is 31.1 Å². The molecule has 4 fully saturated rings. The predicted molar refractivity (Wildman–Crippen MR) is 143 cm³/mol. The quantitative estimate of drug-likeness (QED) is 0.249. The third-order valence-corrected chi connectivity index (χ3v) is 11.3. The summed E-state index contributed by atoms with van der Waals surface area (Å²) in [5.41, 5.74) is -0.744. The molecule has 5 aliphatic rings. The molecule has 2 unspecified atom stereocenters. The second kappa shape index (κ2) is 9.11. The molecule has 2 aliphatic heterocycles. The van der Waals surface area contributed by atoms with Crippen molar-refractivity contribution in [2.75, 3.05) is 58.2 Å². The topological polar surface area (TPSA) is 35.6 Å². The fourth-order valence-corrected chi connectivity index (χ4v) is 8.84. The Bertz CT molecular complexity index is 1230. The van der Waals surface area contributed by atoms with Crippen molar-refractivity contribution in [2.45, 2.75) is 52.0 Å². The molecule has 1 aromatic carbocycles. The van der Waals surface area contributed by atoms with Gasteiger partial charge in [0.1, 0.15) is 6.04 Å². The highest BCUT2D eigenvalue weighted by Crippen LogP contribution is 2.90. The molecule has 0 bridgehead atoms. The van der Waals surface area contributed by atoms with Crippen LogP contribution >= 0.6 is 0 Å². The molecule has 226 valence electrons. The number of allylic oxidation sites excluding steroid dienone is 1. The number of likely N-dealkylation sites (tertiary alicyclic amines) is 1. The Balaban J connectivity index is 1.01. The van der Waals surface area contributed by atoms with Gasteiger partial charge in [-0.3, -0.25) is 4.90 Å². The minimum absolute atomic E-state index is 0.0544. The number of benzene rings is 1. The van der Waals surface area contributed by atoms with Crippen LogP contribution in [0, 0.1) is 28.6 Å². The van der Waals surface area contributed by atoms with E-state index in [0.29, 0.717) is 36.1 Å². The summed E-state index contributed by atoms with van der Waals surface area (Å²) in [5, 5.41) is 2.25. The van der Waals surface area contributed by atoms with E-state index in [1.54, 1.807) is 5.57 Å². The summed E-state index contributed by atoms with van der Waals surface area (Å²) in [5.74, 6) is 2.32. The zero-order valence-electron chi connectivity index (χ0n) is 24.0. The zero-order chi connectivity index (χ0) is 29.8. The first kappa shape index (κ1) is 28.8. The third kappa shape index (κ3) is 4.65. The van der Waals surface area contributed by atoms with Gasteiger partial charge in [0.15, 0.2) is 0 Å². The molecule has 1 N–H and O–H groups in total. The molecule has 0 aromatic heterocycles. The molecule has 2 heterocycles. The Morgan fingerprint density at radius 1 is 1.05 bits per heavy atom. The van der Waals surface area contributed by atoms with Gasteiger partial charge in [-0.2, -0.15) is 26.3 Å². The number of urea groups is 1. The lowest BCUT2D eigenvalue weighted by Gasteiger charge is -2.53. The number of likely N-dealkylation sites (N-methyl/N-ethyl adjacent to an activating group) is 1. The van der Waals surface area contributed by atoms with Crippen molar-refractivity contribution in [1.29, 1.82) is 0 Å². The lowest BCUT2D eigenvalue weighted by atomic mass is 9.89. The van der Waals surface area contributed by atoms with Crippen molar-refractivity contribution in [3.63, 3.8) is 0 Å². The van der Waals surface area contributed by atoms with E-state index in [4.69, 9.17) is 0 Å². The Labute approximate surface area is 237 Å². The van der Waals surface area contributed by atoms with Gasteiger partial charge >= 0.3 is 18.4 Å². The molecule has 1 spiro atoms. The Hall–Kier alpha value is -2.27. The van der Waals surface area contributed by atoms with E-state index in [1.807, 2.05) is 0 Å². The smallest absolute Gasteiger partial charge is 0.319 e. The molecule has 2 saturated carbocycles. The first-order chi connectivity index (χ1) is 19.0. The average molecular weight is 586 g/mol. The summed E-state index contributed by atoms with van der Waals surface area (Å²) >= 11 is 0. The molecule has 11 heteroatoms. The number of rotatable bonds is 5. The molecule has 4 atom stereocenters. The molecule has 0 radical (unpaired) electrons. The molecular weight excluding hydrogens is 546 g/mol. The lowest BCUT2D eigenvalue weighted by molar-refractivity contribution is -0.941. The average Bonchev–Trinajstić information content (AvgIpc) is 3.69. The number of nitrogens with zero attached hydrogens (tertiary/aromatic N) is 3. The standard InChI is InChI=1S/C30H38F6N4O/c1-18(2)25-27(3)6-5-19(24-14-28(24,25)27)15-38-7-9-40(4,10-8-38)23-16-39(17-23)26(41)37-22-12-20(29(31,32)33)11-21(13-22)30(34,35)36/h5,11-13,18,23-25H,6-10,14-17H2,1-4H3/p+1/t24-,25?,27-,28?/m0/s1. The number of hydrogen-bond acceptors (Lipinski definition) is 2. The van der Waals surface area contributed by atoms with Crippen molar-refractivity contribution in [1.82, 2.24) is 9.80 Å². The number of anilines is 1. The molecule has 2 saturated heterocycles. The number of halogens is 6. The number of carbonyl (C=O) groups excluding carboxylic acids is 1. The summed E-state index contributed by atoms with van der Waals surface area (Å²) in [6.07, 6.45) is -4.87. The van der Waals surface area contributed by atoms with E-state index >= 15 is 0 Å². The molecule has 5 nitrogen and oxygen atoms in total. The minimum atomic E-state index is -4.97. The van der Waals surface area contributed by atoms with Crippen molar-refractivity contribution in [2.24, 2.45) is 28.6 Å². The number of quaternary nitrogens is 1. The lowest BCUT2D eigenvalue weighted by Crippen LogP contribution is -2.72. The van der Waals surface area contributed by atoms with Crippen molar-refractivity contribution >= 4 is 11.7 Å². The molecule has 41 heavy (non-hydrogen) atoms. The van der Waals surface area contributed by atoms with Crippen LogP contribution in [-0.2, 0) is 12.4 Å². The molecule has 3 aliphatic carbocycles. The summed E-state index contributed by atoms with van der Waals surface area (Å²) in [6.45, 7) is 12.9. The van der Waals surface area contributed by atoms with Gasteiger partial charge in [0.05, 0.1) is 44.4 Å². The van der Waals surface area contributed by atoms with E-state index < -0.39 is 35.2 Å². The maximum Gasteiger partial charge on any atom is 0.416 e. The van der Waals surface area contributed by atoms with Gasteiger partial charge in [-0.25, -0.2) is 4.79 Å². The maximum absolute atomic E-state index is 13.2. The van der Waals surface area contributed by atoms with Crippen LogP contribution in [0.25, 0.3) is 0 Å². The Kier molecular flexibility index (Phi) is 6.41. The van der Waals surface area contributed by atoms with Crippen LogP contribution in [0.1, 0.15) is 44.7 Å². The highest BCUT2D eigenvalue weighted by Gasteiger charge is 2.85. The molecule has 2 amide bonds. The van der Waals surface area contributed by atoms with Crippen LogP contribution in [0.15, 0.2) is 29.8 Å². The minimum Gasteiger partial charge on any atom is -0.319 e. The Morgan fingerprint density at radius 2 is 1.63 bits per heavy atom. The molecule has 6 rings (SSSR count). The number of nitrogens with one attached hydrogen (secondary N) is 1. The summed E-state index contributed by atoms with van der Waals surface area (Å²) < 4.78 is 79.8. The highest BCUT2D eigenvalue weighted by atomic mass is 19.4. The normalized spacial score (nSPS) is 33.0. The van der Waals surface area contributed by atoms with Crippen molar-refractivity contribution in [3.05, 3.63) is 41.0 Å². The first-order valence-electron chi connectivity index (χ1n) is 14.6. The van der Waals surface area contributed by atoms with Gasteiger partial charge in [0, 0.05) is 25.3 Å². The Morgan fingerprint density at radius 3 is 2.17 bits per heavy atom. The summed E-state index contributed by atoms with van der Waals surface area (Å²) in [4.78, 5) is 16.7. The van der Waals surface area contributed by atoms with E-state index in [0.717, 1.165) is 55.0 Å². The van der Waals surface area contributed by atoms with E-state index in [-0.39, 0.29) is 12.1 Å². The first-order valence-corrected chi connectivity index (χ1v) is 14.6. The van der Waals surface area contributed by atoms with Gasteiger partial charge < -0.3 is 14.7 Å². The second-order valence-electron chi connectivity index (χ2n) is 13.9. The van der Waals surface area contributed by atoms with Gasteiger partial charge in [-0.05, 0) is 59.6 Å². The number of piperazine rings is 1. The van der Waals surface area contributed by atoms with Crippen LogP contribution in [0.4, 0.5) is 36.8 Å². The van der Waals surface area contributed by atoms with Crippen LogP contribution in [-0.4, -0.2) is 79.2 Å². The maximum atomic E-state index is 13.2. The van der Waals surface area contributed by atoms with Crippen LogP contribution in [0.5, 0.6) is 0 Å². The van der Waals surface area contributed by atoms with Gasteiger partial charge in [0.2, 0.25) is 0 Å². The van der Waals surface area contributed by atoms with Crippen LogP contribution < -0.4 is 5.32 Å². The molecule has 1 aromatic rings. The SMILES string of the molecule is CC(C)C1C23C[C@H]2C(CN2CC[N+](C)(C4CN(C(=O)Nc5cc(C(F)(F)F)cc(C(F)(F)F)c5)C4)CC2)=CC[C@@]13C. The molecular formula is C30H39F6N4O+.